The van der Waals surface area contributed by atoms with Crippen molar-refractivity contribution in [3.05, 3.63) is 52.7 Å². The van der Waals surface area contributed by atoms with Gasteiger partial charge in [-0.2, -0.15) is 0 Å². The van der Waals surface area contributed by atoms with Crippen molar-refractivity contribution in [2.75, 3.05) is 19.6 Å². The number of carboxylic acid groups (broad SMARTS) is 1. The van der Waals surface area contributed by atoms with Gasteiger partial charge >= 0.3 is 5.97 Å². The van der Waals surface area contributed by atoms with Crippen LogP contribution in [0, 0.1) is 11.8 Å². The summed E-state index contributed by atoms with van der Waals surface area (Å²) in [6.07, 6.45) is 1.51. The minimum atomic E-state index is -0.832. The Morgan fingerprint density at radius 3 is 2.33 bits per heavy atom. The average molecular weight is 566 g/mol. The molecule has 8 nitrogen and oxygen atoms in total. The lowest BCUT2D eigenvalue weighted by Crippen LogP contribution is -2.62. The summed E-state index contributed by atoms with van der Waals surface area (Å²) < 4.78 is 6.22. The predicted molar refractivity (Wildman–Crippen MR) is 153 cm³/mol. The highest BCUT2D eigenvalue weighted by Gasteiger charge is 2.43. The molecule has 2 aliphatic rings. The van der Waals surface area contributed by atoms with Crippen molar-refractivity contribution in [1.82, 2.24) is 14.8 Å². The fourth-order valence-corrected chi connectivity index (χ4v) is 6.12. The van der Waals surface area contributed by atoms with Gasteiger partial charge in [0.25, 0.3) is 5.91 Å². The molecule has 2 amide bonds. The molecule has 2 atom stereocenters. The number of nitrogens with zero attached hydrogens (tertiary/aromatic N) is 3. The zero-order chi connectivity index (χ0) is 29.0. The zero-order valence-electron chi connectivity index (χ0n) is 23.7. The number of piperazine rings is 1. The fourth-order valence-electron chi connectivity index (χ4n) is 5.99. The normalized spacial score (nSPS) is 21.1. The highest BCUT2D eigenvalue weighted by Crippen LogP contribution is 2.37. The van der Waals surface area contributed by atoms with Gasteiger partial charge in [-0.15, -0.1) is 0 Å². The van der Waals surface area contributed by atoms with Crippen molar-refractivity contribution in [2.45, 2.75) is 64.8 Å². The number of pyridine rings is 1. The molecule has 1 aliphatic carbocycles. The van der Waals surface area contributed by atoms with E-state index in [2.05, 4.69) is 20.8 Å². The van der Waals surface area contributed by atoms with E-state index in [9.17, 15) is 19.5 Å². The largest absolute Gasteiger partial charge is 0.481 e. The molecule has 2 fully saturated rings. The number of fused-ring (bicyclic) bond motifs is 1. The van der Waals surface area contributed by atoms with Gasteiger partial charge in [-0.25, -0.2) is 4.98 Å². The van der Waals surface area contributed by atoms with Gasteiger partial charge in [-0.1, -0.05) is 44.5 Å². The summed E-state index contributed by atoms with van der Waals surface area (Å²) in [7, 11) is 0. The molecular weight excluding hydrogens is 530 g/mol. The molecule has 5 rings (SSSR count). The summed E-state index contributed by atoms with van der Waals surface area (Å²) in [6.45, 7) is 11.3. The Kier molecular flexibility index (Phi) is 7.19. The number of rotatable bonds is 4. The summed E-state index contributed by atoms with van der Waals surface area (Å²) >= 11 is 6.09. The van der Waals surface area contributed by atoms with Crippen molar-refractivity contribution in [3.8, 4) is 11.3 Å². The van der Waals surface area contributed by atoms with Crippen LogP contribution in [-0.4, -0.2) is 62.8 Å². The fraction of sp³-hybridized carbons (Fsp3) is 0.484. The van der Waals surface area contributed by atoms with E-state index >= 15 is 0 Å². The molecule has 40 heavy (non-hydrogen) atoms. The third-order valence-corrected chi connectivity index (χ3v) is 8.48. The number of benzene rings is 1. The Morgan fingerprint density at radius 2 is 1.73 bits per heavy atom. The molecule has 1 saturated heterocycles. The van der Waals surface area contributed by atoms with Gasteiger partial charge in [0.05, 0.1) is 17.2 Å². The van der Waals surface area contributed by atoms with Crippen molar-refractivity contribution in [3.63, 3.8) is 0 Å². The number of carbonyl (C=O) groups excluding carboxylic acids is 2. The Balaban J connectivity index is 1.40. The van der Waals surface area contributed by atoms with E-state index in [4.69, 9.17) is 21.0 Å². The maximum atomic E-state index is 13.8. The molecule has 1 N–H and O–H groups in total. The summed E-state index contributed by atoms with van der Waals surface area (Å²) in [5.41, 5.74) is 2.96. The lowest BCUT2D eigenvalue weighted by atomic mass is 9.86. The Hall–Kier alpha value is -3.39. The third kappa shape index (κ3) is 5.33. The molecule has 3 aromatic rings. The Morgan fingerprint density at radius 1 is 1.05 bits per heavy atom. The van der Waals surface area contributed by atoms with Gasteiger partial charge in [-0.05, 0) is 56.7 Å². The first-order valence-electron chi connectivity index (χ1n) is 13.8. The van der Waals surface area contributed by atoms with E-state index in [0.29, 0.717) is 55.0 Å². The van der Waals surface area contributed by atoms with Crippen LogP contribution in [0.3, 0.4) is 0 Å². The van der Waals surface area contributed by atoms with Crippen molar-refractivity contribution in [1.29, 1.82) is 0 Å². The van der Waals surface area contributed by atoms with Crippen LogP contribution in [0.15, 0.2) is 40.8 Å². The molecule has 1 saturated carbocycles. The minimum absolute atomic E-state index is 0.0126. The maximum Gasteiger partial charge on any atom is 0.306 e. The molecular formula is C31H36ClN3O5. The smallest absolute Gasteiger partial charge is 0.306 e. The van der Waals surface area contributed by atoms with Gasteiger partial charge < -0.3 is 19.3 Å². The van der Waals surface area contributed by atoms with Crippen LogP contribution in [0.25, 0.3) is 22.4 Å². The predicted octanol–water partition coefficient (Wildman–Crippen LogP) is 6.01. The second-order valence-corrected chi connectivity index (χ2v) is 13.1. The number of hydrogen-bond donors (Lipinski definition) is 1. The van der Waals surface area contributed by atoms with Crippen LogP contribution in [0.2, 0.25) is 5.02 Å². The highest BCUT2D eigenvalue weighted by molar-refractivity contribution is 6.30. The van der Waals surface area contributed by atoms with Gasteiger partial charge in [0, 0.05) is 47.8 Å². The van der Waals surface area contributed by atoms with Crippen molar-refractivity contribution in [2.24, 2.45) is 11.8 Å². The molecule has 0 bridgehead atoms. The third-order valence-electron chi connectivity index (χ3n) is 8.23. The number of aliphatic carboxylic acids is 1. The molecule has 9 heteroatoms. The first-order chi connectivity index (χ1) is 18.7. The Bertz CT molecular complexity index is 1470. The lowest BCUT2D eigenvalue weighted by molar-refractivity contribution is -0.142. The van der Waals surface area contributed by atoms with Crippen LogP contribution in [0.5, 0.6) is 0 Å². The molecule has 3 heterocycles. The second-order valence-electron chi connectivity index (χ2n) is 12.7. The van der Waals surface area contributed by atoms with Gasteiger partial charge in [-0.3, -0.25) is 14.4 Å². The van der Waals surface area contributed by atoms with Gasteiger partial charge in [0.2, 0.25) is 5.91 Å². The summed E-state index contributed by atoms with van der Waals surface area (Å²) in [6, 6.07) is 11.2. The number of halogens is 1. The van der Waals surface area contributed by atoms with E-state index in [1.807, 2.05) is 44.2 Å². The van der Waals surface area contributed by atoms with Crippen LogP contribution in [0.1, 0.15) is 70.0 Å². The maximum absolute atomic E-state index is 13.8. The molecule has 212 valence electrons. The van der Waals surface area contributed by atoms with Crippen molar-refractivity contribution < 1.29 is 23.9 Å². The van der Waals surface area contributed by atoms with Crippen LogP contribution in [0.4, 0.5) is 0 Å². The number of amides is 2. The van der Waals surface area contributed by atoms with E-state index in [0.717, 1.165) is 16.8 Å². The van der Waals surface area contributed by atoms with Gasteiger partial charge in [0.15, 0.2) is 11.3 Å². The quantitative estimate of drug-likeness (QED) is 0.415. The minimum Gasteiger partial charge on any atom is -0.481 e. The molecule has 0 spiro atoms. The second kappa shape index (κ2) is 10.2. The molecule has 2 aromatic heterocycles. The number of aromatic nitrogens is 1. The number of hydrogen-bond acceptors (Lipinski definition) is 5. The molecule has 1 aliphatic heterocycles. The highest BCUT2D eigenvalue weighted by atomic mass is 35.5. The molecule has 1 aromatic carbocycles. The van der Waals surface area contributed by atoms with E-state index in [1.54, 1.807) is 15.9 Å². The van der Waals surface area contributed by atoms with Gasteiger partial charge in [0.1, 0.15) is 5.52 Å². The number of carboxylic acids is 1. The number of furan rings is 1. The SMILES string of the molecule is CC(C)(C)c1cc(-c2ccc(Cl)cc2)nc2cc(C(=O)N3CCN(C(=O)[C@@H]4CC[C@H](C(=O)O)C4)CC3(C)C)oc12. The Labute approximate surface area is 239 Å². The van der Waals surface area contributed by atoms with E-state index in [-0.39, 0.29) is 28.9 Å². The van der Waals surface area contributed by atoms with Crippen LogP contribution in [-0.2, 0) is 15.0 Å². The molecule has 0 radical (unpaired) electrons. The number of carbonyl (C=O) groups is 3. The monoisotopic (exact) mass is 565 g/mol. The molecule has 0 unspecified atom stereocenters. The first-order valence-corrected chi connectivity index (χ1v) is 14.2. The lowest BCUT2D eigenvalue weighted by Gasteiger charge is -2.47. The standard InChI is InChI=1S/C31H36ClN3O5/c1-30(2,3)22-15-23(18-8-10-21(32)11-9-18)33-24-16-25(40-26(22)24)28(37)35-13-12-34(17-31(35,4)5)27(36)19-6-7-20(14-19)29(38)39/h8-11,15-16,19-20H,6-7,12-14,17H2,1-5H3,(H,38,39)/t19-,20+/m1/s1. The van der Waals surface area contributed by atoms with Crippen LogP contribution < -0.4 is 0 Å². The average Bonchev–Trinajstić information content (AvgIpc) is 3.54. The summed E-state index contributed by atoms with van der Waals surface area (Å²) in [5.74, 6) is -1.59. The zero-order valence-corrected chi connectivity index (χ0v) is 24.4. The topological polar surface area (TPSA) is 104 Å². The summed E-state index contributed by atoms with van der Waals surface area (Å²) in [5, 5.41) is 9.97. The first kappa shape index (κ1) is 28.1. The van der Waals surface area contributed by atoms with Crippen LogP contribution >= 0.6 is 11.6 Å². The van der Waals surface area contributed by atoms with E-state index < -0.39 is 17.4 Å². The summed E-state index contributed by atoms with van der Waals surface area (Å²) in [4.78, 5) is 46.8. The van der Waals surface area contributed by atoms with Crippen molar-refractivity contribution >= 4 is 40.5 Å². The van der Waals surface area contributed by atoms with E-state index in [1.165, 1.54) is 0 Å².